The van der Waals surface area contributed by atoms with Crippen LogP contribution < -0.4 is 0 Å². The normalized spacial score (nSPS) is 19.2. The van der Waals surface area contributed by atoms with Crippen LogP contribution in [-0.2, 0) is 4.74 Å². The van der Waals surface area contributed by atoms with E-state index >= 15 is 0 Å². The molecule has 0 aromatic carbocycles. The van der Waals surface area contributed by atoms with Crippen LogP contribution in [0.5, 0.6) is 0 Å². The van der Waals surface area contributed by atoms with E-state index in [1.54, 1.807) is 0 Å². The summed E-state index contributed by atoms with van der Waals surface area (Å²) < 4.78 is 5.81. The molecule has 1 rings (SSSR count). The lowest BCUT2D eigenvalue weighted by molar-refractivity contribution is 0.0318. The zero-order chi connectivity index (χ0) is 10.4. The average molecular weight is 197 g/mol. The highest BCUT2D eigenvalue weighted by Crippen LogP contribution is 2.23. The van der Waals surface area contributed by atoms with Crippen LogP contribution in [0.3, 0.4) is 0 Å². The summed E-state index contributed by atoms with van der Waals surface area (Å²) in [5, 5.41) is 0. The number of rotatable bonds is 5. The summed E-state index contributed by atoms with van der Waals surface area (Å²) in [5.74, 6) is 0. The fraction of sp³-hybridized carbons (Fsp3) is 0.833. The van der Waals surface area contributed by atoms with Gasteiger partial charge in [-0.05, 0) is 52.7 Å². The van der Waals surface area contributed by atoms with Gasteiger partial charge >= 0.3 is 0 Å². The third-order valence-electron chi connectivity index (χ3n) is 2.74. The summed E-state index contributed by atoms with van der Waals surface area (Å²) in [6.07, 6.45) is 6.34. The lowest BCUT2D eigenvalue weighted by atomic mass is 9.94. The predicted molar refractivity (Wildman–Crippen MR) is 60.5 cm³/mol. The van der Waals surface area contributed by atoms with Crippen molar-refractivity contribution in [3.05, 3.63) is 12.2 Å². The Morgan fingerprint density at radius 3 is 2.57 bits per heavy atom. The van der Waals surface area contributed by atoms with Gasteiger partial charge < -0.3 is 9.64 Å². The van der Waals surface area contributed by atoms with Crippen molar-refractivity contribution in [3.63, 3.8) is 0 Å². The first-order chi connectivity index (χ1) is 6.68. The van der Waals surface area contributed by atoms with E-state index in [1.807, 2.05) is 0 Å². The highest BCUT2D eigenvalue weighted by Gasteiger charge is 2.15. The Morgan fingerprint density at radius 1 is 1.36 bits per heavy atom. The van der Waals surface area contributed by atoms with Crippen molar-refractivity contribution in [1.29, 1.82) is 0 Å². The molecule has 82 valence electrons. The smallest absolute Gasteiger partial charge is 0.0581 e. The number of ether oxygens (including phenoxy) is 1. The van der Waals surface area contributed by atoms with Gasteiger partial charge in [0.05, 0.1) is 6.10 Å². The van der Waals surface area contributed by atoms with E-state index in [-0.39, 0.29) is 0 Å². The molecule has 0 atom stereocenters. The van der Waals surface area contributed by atoms with Crippen LogP contribution in [-0.4, -0.2) is 38.3 Å². The van der Waals surface area contributed by atoms with Crippen LogP contribution in [0.25, 0.3) is 0 Å². The second-order valence-electron chi connectivity index (χ2n) is 4.48. The van der Waals surface area contributed by atoms with Crippen LogP contribution in [0.2, 0.25) is 0 Å². The summed E-state index contributed by atoms with van der Waals surface area (Å²) in [4.78, 5) is 2.20. The minimum absolute atomic E-state index is 0.502. The molecule has 0 bridgehead atoms. The van der Waals surface area contributed by atoms with Crippen LogP contribution in [0, 0.1) is 0 Å². The maximum absolute atomic E-state index is 5.81. The zero-order valence-electron chi connectivity index (χ0n) is 9.59. The molecule has 1 aliphatic rings. The van der Waals surface area contributed by atoms with Crippen molar-refractivity contribution in [1.82, 2.24) is 4.90 Å². The first kappa shape index (κ1) is 11.7. The molecule has 0 aromatic heterocycles. The molecule has 0 heterocycles. The molecule has 0 aliphatic heterocycles. The third-order valence-corrected chi connectivity index (χ3v) is 2.74. The molecular formula is C12H23NO. The van der Waals surface area contributed by atoms with E-state index in [0.717, 1.165) is 19.6 Å². The SMILES string of the molecule is C=C1CCC(OCCCN(C)C)CC1. The topological polar surface area (TPSA) is 12.5 Å². The van der Waals surface area contributed by atoms with Crippen molar-refractivity contribution in [3.8, 4) is 0 Å². The van der Waals surface area contributed by atoms with Gasteiger partial charge in [-0.3, -0.25) is 0 Å². The molecule has 1 fully saturated rings. The largest absolute Gasteiger partial charge is 0.378 e. The van der Waals surface area contributed by atoms with Crippen LogP contribution >= 0.6 is 0 Å². The maximum Gasteiger partial charge on any atom is 0.0581 e. The van der Waals surface area contributed by atoms with Gasteiger partial charge in [-0.25, -0.2) is 0 Å². The molecule has 2 nitrogen and oxygen atoms in total. The Hall–Kier alpha value is -0.340. The molecule has 2 heteroatoms. The summed E-state index contributed by atoms with van der Waals surface area (Å²) >= 11 is 0. The summed E-state index contributed by atoms with van der Waals surface area (Å²) in [6, 6.07) is 0. The Bertz CT molecular complexity index is 167. The molecule has 0 radical (unpaired) electrons. The molecule has 0 aromatic rings. The van der Waals surface area contributed by atoms with E-state index in [4.69, 9.17) is 4.74 Å². The fourth-order valence-corrected chi connectivity index (χ4v) is 1.80. The Kier molecular flexibility index (Phi) is 5.20. The number of hydrogen-bond acceptors (Lipinski definition) is 2. The molecule has 0 saturated heterocycles. The van der Waals surface area contributed by atoms with Crippen LogP contribution in [0.4, 0.5) is 0 Å². The van der Waals surface area contributed by atoms with Crippen molar-refractivity contribution >= 4 is 0 Å². The molecule has 1 aliphatic carbocycles. The fourth-order valence-electron chi connectivity index (χ4n) is 1.80. The summed E-state index contributed by atoms with van der Waals surface area (Å²) in [7, 11) is 4.20. The maximum atomic E-state index is 5.81. The van der Waals surface area contributed by atoms with Gasteiger partial charge in [0.1, 0.15) is 0 Å². The number of allylic oxidation sites excluding steroid dienone is 1. The Balaban J connectivity index is 1.99. The van der Waals surface area contributed by atoms with Crippen molar-refractivity contribution in [2.75, 3.05) is 27.2 Å². The van der Waals surface area contributed by atoms with E-state index in [2.05, 4.69) is 25.6 Å². The zero-order valence-corrected chi connectivity index (χ0v) is 9.59. The minimum atomic E-state index is 0.502. The van der Waals surface area contributed by atoms with Crippen LogP contribution in [0.1, 0.15) is 32.1 Å². The predicted octanol–water partition coefficient (Wildman–Crippen LogP) is 2.45. The highest BCUT2D eigenvalue weighted by molar-refractivity contribution is 4.98. The first-order valence-corrected chi connectivity index (χ1v) is 5.61. The second kappa shape index (κ2) is 6.20. The minimum Gasteiger partial charge on any atom is -0.378 e. The molecule has 0 amide bonds. The van der Waals surface area contributed by atoms with E-state index in [9.17, 15) is 0 Å². The first-order valence-electron chi connectivity index (χ1n) is 5.61. The molecule has 0 spiro atoms. The molecule has 0 unspecified atom stereocenters. The molecule has 14 heavy (non-hydrogen) atoms. The van der Waals surface area contributed by atoms with Gasteiger partial charge in [-0.15, -0.1) is 0 Å². The number of nitrogens with zero attached hydrogens (tertiary/aromatic N) is 1. The molecular weight excluding hydrogens is 174 g/mol. The van der Waals surface area contributed by atoms with E-state index in [0.29, 0.717) is 6.10 Å². The third kappa shape index (κ3) is 4.77. The molecule has 1 saturated carbocycles. The van der Waals surface area contributed by atoms with Gasteiger partial charge in [0, 0.05) is 6.61 Å². The quantitative estimate of drug-likeness (QED) is 0.496. The standard InChI is InChI=1S/C12H23NO/c1-11-5-7-12(8-6-11)14-10-4-9-13(2)3/h12H,1,4-10H2,2-3H3. The average Bonchev–Trinajstić information content (AvgIpc) is 2.15. The van der Waals surface area contributed by atoms with E-state index < -0.39 is 0 Å². The van der Waals surface area contributed by atoms with Gasteiger partial charge in [0.25, 0.3) is 0 Å². The lowest BCUT2D eigenvalue weighted by Gasteiger charge is -2.23. The van der Waals surface area contributed by atoms with Gasteiger partial charge in [-0.2, -0.15) is 0 Å². The van der Waals surface area contributed by atoms with Crippen molar-refractivity contribution < 1.29 is 4.74 Å². The summed E-state index contributed by atoms with van der Waals surface area (Å²) in [5.41, 5.74) is 1.40. The van der Waals surface area contributed by atoms with Crippen molar-refractivity contribution in [2.24, 2.45) is 0 Å². The van der Waals surface area contributed by atoms with Gasteiger partial charge in [-0.1, -0.05) is 12.2 Å². The van der Waals surface area contributed by atoms with Crippen molar-refractivity contribution in [2.45, 2.75) is 38.2 Å². The highest BCUT2D eigenvalue weighted by atomic mass is 16.5. The van der Waals surface area contributed by atoms with Crippen LogP contribution in [0.15, 0.2) is 12.2 Å². The molecule has 0 N–H and O–H groups in total. The van der Waals surface area contributed by atoms with E-state index in [1.165, 1.54) is 31.3 Å². The lowest BCUT2D eigenvalue weighted by Crippen LogP contribution is -2.20. The number of hydrogen-bond donors (Lipinski definition) is 0. The Morgan fingerprint density at radius 2 is 2.00 bits per heavy atom. The monoisotopic (exact) mass is 197 g/mol. The second-order valence-corrected chi connectivity index (χ2v) is 4.48. The van der Waals surface area contributed by atoms with Gasteiger partial charge in [0.2, 0.25) is 0 Å². The summed E-state index contributed by atoms with van der Waals surface area (Å²) in [6.45, 7) is 6.04. The van der Waals surface area contributed by atoms with Gasteiger partial charge in [0.15, 0.2) is 0 Å². The Labute approximate surface area is 87.9 Å².